The molecule has 1 saturated heterocycles. The molecule has 1 aliphatic rings. The van der Waals surface area contributed by atoms with E-state index in [1.54, 1.807) is 0 Å². The minimum atomic E-state index is 0.430. The molecular formula is C17H28N2. The van der Waals surface area contributed by atoms with Crippen molar-refractivity contribution >= 4 is 0 Å². The van der Waals surface area contributed by atoms with Crippen LogP contribution < -0.4 is 10.6 Å². The third-order valence-corrected chi connectivity index (χ3v) is 4.16. The van der Waals surface area contributed by atoms with Crippen LogP contribution in [-0.2, 0) is 0 Å². The van der Waals surface area contributed by atoms with Gasteiger partial charge in [-0.25, -0.2) is 0 Å². The summed E-state index contributed by atoms with van der Waals surface area (Å²) in [5, 5.41) is 7.35. The normalized spacial score (nSPS) is 23.0. The molecule has 2 nitrogen and oxygen atoms in total. The van der Waals surface area contributed by atoms with Gasteiger partial charge in [0, 0.05) is 18.1 Å². The number of aryl methyl sites for hydroxylation is 1. The standard InChI is InChI=1S/C17H28N2/c1-13-7-9-16(10-8-13)15(3)19-14(2)12-17-6-4-5-11-18-17/h7-10,14-15,17-19H,4-6,11-12H2,1-3H3/t14?,15-,17?/m1/s1. The van der Waals surface area contributed by atoms with Crippen LogP contribution in [0.4, 0.5) is 0 Å². The summed E-state index contributed by atoms with van der Waals surface area (Å²) in [4.78, 5) is 0. The molecule has 1 fully saturated rings. The SMILES string of the molecule is Cc1ccc([C@@H](C)NC(C)CC2CCCCN2)cc1. The van der Waals surface area contributed by atoms with E-state index >= 15 is 0 Å². The van der Waals surface area contributed by atoms with Crippen LogP contribution in [0.25, 0.3) is 0 Å². The van der Waals surface area contributed by atoms with E-state index in [2.05, 4.69) is 55.7 Å². The van der Waals surface area contributed by atoms with Crippen LogP contribution >= 0.6 is 0 Å². The zero-order valence-corrected chi connectivity index (χ0v) is 12.6. The smallest absolute Gasteiger partial charge is 0.0294 e. The largest absolute Gasteiger partial charge is 0.314 e. The average molecular weight is 260 g/mol. The van der Waals surface area contributed by atoms with Crippen molar-refractivity contribution in [2.45, 2.75) is 64.6 Å². The van der Waals surface area contributed by atoms with E-state index < -0.39 is 0 Å². The van der Waals surface area contributed by atoms with Crippen molar-refractivity contribution in [3.05, 3.63) is 35.4 Å². The van der Waals surface area contributed by atoms with E-state index in [-0.39, 0.29) is 0 Å². The maximum atomic E-state index is 3.72. The van der Waals surface area contributed by atoms with Crippen LogP contribution in [0.5, 0.6) is 0 Å². The summed E-state index contributed by atoms with van der Waals surface area (Å²) < 4.78 is 0. The molecule has 0 aromatic heterocycles. The van der Waals surface area contributed by atoms with Gasteiger partial charge in [0.15, 0.2) is 0 Å². The lowest BCUT2D eigenvalue weighted by Crippen LogP contribution is -2.40. The first-order chi connectivity index (χ1) is 9.15. The Morgan fingerprint density at radius 3 is 2.58 bits per heavy atom. The van der Waals surface area contributed by atoms with Crippen molar-refractivity contribution < 1.29 is 0 Å². The van der Waals surface area contributed by atoms with Gasteiger partial charge < -0.3 is 10.6 Å². The van der Waals surface area contributed by atoms with Crippen molar-refractivity contribution in [1.82, 2.24) is 10.6 Å². The van der Waals surface area contributed by atoms with Gasteiger partial charge in [0.25, 0.3) is 0 Å². The quantitative estimate of drug-likeness (QED) is 0.846. The van der Waals surface area contributed by atoms with Crippen molar-refractivity contribution in [1.29, 1.82) is 0 Å². The number of piperidine rings is 1. The molecule has 2 N–H and O–H groups in total. The first-order valence-electron chi connectivity index (χ1n) is 7.71. The Morgan fingerprint density at radius 1 is 1.21 bits per heavy atom. The topological polar surface area (TPSA) is 24.1 Å². The molecule has 1 aromatic carbocycles. The number of hydrogen-bond donors (Lipinski definition) is 2. The van der Waals surface area contributed by atoms with E-state index in [0.717, 1.165) is 0 Å². The summed E-state index contributed by atoms with van der Waals surface area (Å²) in [5.41, 5.74) is 2.71. The molecule has 2 rings (SSSR count). The lowest BCUT2D eigenvalue weighted by molar-refractivity contribution is 0.334. The minimum absolute atomic E-state index is 0.430. The predicted molar refractivity (Wildman–Crippen MR) is 82.5 cm³/mol. The molecule has 1 heterocycles. The van der Waals surface area contributed by atoms with Gasteiger partial charge in [-0.05, 0) is 52.1 Å². The average Bonchev–Trinajstić information content (AvgIpc) is 2.40. The third kappa shape index (κ3) is 4.63. The number of benzene rings is 1. The molecule has 0 spiro atoms. The lowest BCUT2D eigenvalue weighted by Gasteiger charge is -2.28. The predicted octanol–water partition coefficient (Wildman–Crippen LogP) is 3.57. The second-order valence-corrected chi connectivity index (χ2v) is 6.08. The number of hydrogen-bond acceptors (Lipinski definition) is 2. The Morgan fingerprint density at radius 2 is 1.95 bits per heavy atom. The molecule has 0 saturated carbocycles. The highest BCUT2D eigenvalue weighted by Gasteiger charge is 2.17. The molecule has 1 aliphatic heterocycles. The zero-order chi connectivity index (χ0) is 13.7. The van der Waals surface area contributed by atoms with Crippen LogP contribution in [-0.4, -0.2) is 18.6 Å². The summed E-state index contributed by atoms with van der Waals surface area (Å²) in [7, 11) is 0. The molecule has 2 unspecified atom stereocenters. The van der Waals surface area contributed by atoms with Gasteiger partial charge in [0.2, 0.25) is 0 Å². The maximum absolute atomic E-state index is 3.72. The molecule has 0 bridgehead atoms. The molecular weight excluding hydrogens is 232 g/mol. The zero-order valence-electron chi connectivity index (χ0n) is 12.6. The molecule has 3 atom stereocenters. The van der Waals surface area contributed by atoms with Gasteiger partial charge >= 0.3 is 0 Å². The van der Waals surface area contributed by atoms with E-state index in [1.165, 1.54) is 43.4 Å². The fourth-order valence-electron chi connectivity index (χ4n) is 3.00. The second kappa shape index (κ2) is 7.06. The Labute approximate surface area is 118 Å². The van der Waals surface area contributed by atoms with Crippen LogP contribution in [0.15, 0.2) is 24.3 Å². The Kier molecular flexibility index (Phi) is 5.41. The van der Waals surface area contributed by atoms with E-state index in [4.69, 9.17) is 0 Å². The van der Waals surface area contributed by atoms with Crippen molar-refractivity contribution in [2.24, 2.45) is 0 Å². The molecule has 0 aliphatic carbocycles. The lowest BCUT2D eigenvalue weighted by atomic mass is 9.98. The van der Waals surface area contributed by atoms with E-state index in [9.17, 15) is 0 Å². The van der Waals surface area contributed by atoms with Gasteiger partial charge in [0.1, 0.15) is 0 Å². The van der Waals surface area contributed by atoms with Crippen LogP contribution in [0, 0.1) is 6.92 Å². The molecule has 0 radical (unpaired) electrons. The second-order valence-electron chi connectivity index (χ2n) is 6.08. The minimum Gasteiger partial charge on any atom is -0.314 e. The molecule has 1 aromatic rings. The first-order valence-corrected chi connectivity index (χ1v) is 7.71. The Balaban J connectivity index is 1.80. The van der Waals surface area contributed by atoms with Gasteiger partial charge in [-0.1, -0.05) is 36.2 Å². The summed E-state index contributed by atoms with van der Waals surface area (Å²) in [6.07, 6.45) is 5.30. The molecule has 2 heteroatoms. The molecule has 19 heavy (non-hydrogen) atoms. The Hall–Kier alpha value is -0.860. The summed E-state index contributed by atoms with van der Waals surface area (Å²) in [6, 6.07) is 10.6. The first kappa shape index (κ1) is 14.5. The maximum Gasteiger partial charge on any atom is 0.0294 e. The number of rotatable bonds is 5. The molecule has 106 valence electrons. The summed E-state index contributed by atoms with van der Waals surface area (Å²) in [5.74, 6) is 0. The van der Waals surface area contributed by atoms with E-state index in [1.807, 2.05) is 0 Å². The number of nitrogens with one attached hydrogen (secondary N) is 2. The summed E-state index contributed by atoms with van der Waals surface area (Å²) >= 11 is 0. The van der Waals surface area contributed by atoms with Gasteiger partial charge in [-0.2, -0.15) is 0 Å². The van der Waals surface area contributed by atoms with Crippen molar-refractivity contribution in [2.75, 3.05) is 6.54 Å². The highest BCUT2D eigenvalue weighted by molar-refractivity contribution is 5.23. The van der Waals surface area contributed by atoms with Gasteiger partial charge in [-0.3, -0.25) is 0 Å². The monoisotopic (exact) mass is 260 g/mol. The van der Waals surface area contributed by atoms with Gasteiger partial charge in [0.05, 0.1) is 0 Å². The van der Waals surface area contributed by atoms with Crippen LogP contribution in [0.3, 0.4) is 0 Å². The fraction of sp³-hybridized carbons (Fsp3) is 0.647. The van der Waals surface area contributed by atoms with Crippen LogP contribution in [0.1, 0.15) is 56.7 Å². The van der Waals surface area contributed by atoms with Gasteiger partial charge in [-0.15, -0.1) is 0 Å². The fourth-order valence-corrected chi connectivity index (χ4v) is 3.00. The third-order valence-electron chi connectivity index (χ3n) is 4.16. The summed E-state index contributed by atoms with van der Waals surface area (Å²) in [6.45, 7) is 7.90. The molecule has 0 amide bonds. The van der Waals surface area contributed by atoms with Crippen LogP contribution in [0.2, 0.25) is 0 Å². The highest BCUT2D eigenvalue weighted by atomic mass is 15.0. The van der Waals surface area contributed by atoms with Crippen molar-refractivity contribution in [3.63, 3.8) is 0 Å². The van der Waals surface area contributed by atoms with E-state index in [0.29, 0.717) is 18.1 Å². The highest BCUT2D eigenvalue weighted by Crippen LogP contribution is 2.17. The Bertz CT molecular complexity index is 365. The van der Waals surface area contributed by atoms with Crippen molar-refractivity contribution in [3.8, 4) is 0 Å².